The molecule has 0 amide bonds. The minimum Gasteiger partial charge on any atom is -0.355 e. The SMILES string of the molecule is O=S(=O)(Nc1ccc(-c2ccc(N3CCCCCC3)nn2)cc1)c1ccccc1Cl. The molecule has 0 unspecified atom stereocenters. The molecule has 156 valence electrons. The fourth-order valence-corrected chi connectivity index (χ4v) is 5.11. The highest BCUT2D eigenvalue weighted by Gasteiger charge is 2.17. The van der Waals surface area contributed by atoms with Crippen molar-refractivity contribution in [1.82, 2.24) is 10.2 Å². The maximum atomic E-state index is 12.6. The van der Waals surface area contributed by atoms with E-state index in [2.05, 4.69) is 19.8 Å². The Hall–Kier alpha value is -2.64. The molecule has 6 nitrogen and oxygen atoms in total. The number of anilines is 2. The topological polar surface area (TPSA) is 75.2 Å². The lowest BCUT2D eigenvalue weighted by molar-refractivity contribution is 0.601. The van der Waals surface area contributed by atoms with Crippen LogP contribution >= 0.6 is 11.6 Å². The number of halogens is 1. The molecule has 0 saturated carbocycles. The first-order valence-corrected chi connectivity index (χ1v) is 11.9. The fourth-order valence-electron chi connectivity index (χ4n) is 3.53. The number of benzene rings is 2. The Bertz CT molecular complexity index is 1090. The first-order chi connectivity index (χ1) is 14.5. The van der Waals surface area contributed by atoms with Gasteiger partial charge in [-0.25, -0.2) is 8.42 Å². The molecule has 3 aromatic rings. The molecule has 0 atom stereocenters. The fraction of sp³-hybridized carbons (Fsp3) is 0.273. The van der Waals surface area contributed by atoms with E-state index in [1.807, 2.05) is 24.3 Å². The van der Waals surface area contributed by atoms with E-state index < -0.39 is 10.0 Å². The van der Waals surface area contributed by atoms with Gasteiger partial charge in [-0.1, -0.05) is 48.7 Å². The molecule has 1 aromatic heterocycles. The summed E-state index contributed by atoms with van der Waals surface area (Å²) in [4.78, 5) is 2.34. The lowest BCUT2D eigenvalue weighted by Gasteiger charge is -2.20. The lowest BCUT2D eigenvalue weighted by Crippen LogP contribution is -2.25. The number of rotatable bonds is 5. The van der Waals surface area contributed by atoms with Crippen LogP contribution in [0.1, 0.15) is 25.7 Å². The first kappa shape index (κ1) is 20.6. The van der Waals surface area contributed by atoms with Gasteiger partial charge in [0.15, 0.2) is 5.82 Å². The van der Waals surface area contributed by atoms with Gasteiger partial charge in [-0.15, -0.1) is 10.2 Å². The molecule has 1 fully saturated rings. The van der Waals surface area contributed by atoms with E-state index in [0.29, 0.717) is 5.69 Å². The molecular weight excluding hydrogens is 420 g/mol. The van der Waals surface area contributed by atoms with Crippen molar-refractivity contribution in [3.8, 4) is 11.3 Å². The summed E-state index contributed by atoms with van der Waals surface area (Å²) >= 11 is 6.02. The van der Waals surface area contributed by atoms with Crippen LogP contribution in [-0.2, 0) is 10.0 Å². The van der Waals surface area contributed by atoms with Gasteiger partial charge < -0.3 is 4.90 Å². The molecule has 2 heterocycles. The Balaban J connectivity index is 1.47. The summed E-state index contributed by atoms with van der Waals surface area (Å²) in [5.41, 5.74) is 2.06. The summed E-state index contributed by atoms with van der Waals surface area (Å²) in [6.07, 6.45) is 4.92. The molecule has 0 aliphatic carbocycles. The minimum absolute atomic E-state index is 0.0470. The molecule has 1 aliphatic heterocycles. The van der Waals surface area contributed by atoms with Crippen LogP contribution in [0, 0.1) is 0 Å². The standard InChI is InChI=1S/C22H23ClN4O2S/c23-19-7-3-4-8-21(19)30(28,29)26-18-11-9-17(10-12-18)20-13-14-22(25-24-20)27-15-5-1-2-6-16-27/h3-4,7-14,26H,1-2,5-6,15-16H2. The average Bonchev–Trinajstić information content (AvgIpc) is 3.04. The molecule has 4 rings (SSSR count). The van der Waals surface area contributed by atoms with Gasteiger partial charge in [0.25, 0.3) is 10.0 Å². The Morgan fingerprint density at radius 3 is 2.17 bits per heavy atom. The monoisotopic (exact) mass is 442 g/mol. The van der Waals surface area contributed by atoms with Gasteiger partial charge in [0, 0.05) is 24.3 Å². The molecule has 1 saturated heterocycles. The third-order valence-electron chi connectivity index (χ3n) is 5.14. The average molecular weight is 443 g/mol. The number of nitrogens with zero attached hydrogens (tertiary/aromatic N) is 3. The van der Waals surface area contributed by atoms with E-state index in [1.54, 1.807) is 30.3 Å². The summed E-state index contributed by atoms with van der Waals surface area (Å²) in [6, 6.07) is 17.3. The van der Waals surface area contributed by atoms with E-state index in [-0.39, 0.29) is 9.92 Å². The molecule has 1 aliphatic rings. The van der Waals surface area contributed by atoms with E-state index in [1.165, 1.54) is 31.7 Å². The van der Waals surface area contributed by atoms with E-state index >= 15 is 0 Å². The molecule has 2 aromatic carbocycles. The van der Waals surface area contributed by atoms with Crippen molar-refractivity contribution < 1.29 is 8.42 Å². The normalized spacial score (nSPS) is 14.9. The highest BCUT2D eigenvalue weighted by atomic mass is 35.5. The Morgan fingerprint density at radius 2 is 1.53 bits per heavy atom. The highest BCUT2D eigenvalue weighted by Crippen LogP contribution is 2.25. The second-order valence-corrected chi connectivity index (χ2v) is 9.35. The van der Waals surface area contributed by atoms with Crippen LogP contribution in [0.3, 0.4) is 0 Å². The van der Waals surface area contributed by atoms with Crippen molar-refractivity contribution in [3.63, 3.8) is 0 Å². The largest absolute Gasteiger partial charge is 0.355 e. The van der Waals surface area contributed by atoms with Gasteiger partial charge in [-0.05, 0) is 49.2 Å². The van der Waals surface area contributed by atoms with Crippen molar-refractivity contribution in [1.29, 1.82) is 0 Å². The second-order valence-electron chi connectivity index (χ2n) is 7.29. The number of aromatic nitrogens is 2. The quantitative estimate of drug-likeness (QED) is 0.603. The van der Waals surface area contributed by atoms with Crippen LogP contribution in [0.5, 0.6) is 0 Å². The van der Waals surface area contributed by atoms with Gasteiger partial charge in [0.1, 0.15) is 4.90 Å². The number of sulfonamides is 1. The summed E-state index contributed by atoms with van der Waals surface area (Å²) in [6.45, 7) is 2.04. The molecular formula is C22H23ClN4O2S. The Kier molecular flexibility index (Phi) is 6.20. The van der Waals surface area contributed by atoms with Crippen molar-refractivity contribution in [2.24, 2.45) is 0 Å². The smallest absolute Gasteiger partial charge is 0.263 e. The zero-order valence-electron chi connectivity index (χ0n) is 16.5. The number of hydrogen-bond donors (Lipinski definition) is 1. The van der Waals surface area contributed by atoms with Crippen LogP contribution in [-0.4, -0.2) is 31.7 Å². The lowest BCUT2D eigenvalue weighted by atomic mass is 10.1. The van der Waals surface area contributed by atoms with Crippen LogP contribution in [0.2, 0.25) is 5.02 Å². The van der Waals surface area contributed by atoms with E-state index in [4.69, 9.17) is 11.6 Å². The summed E-state index contributed by atoms with van der Waals surface area (Å²) in [5, 5.41) is 8.95. The zero-order chi connectivity index (χ0) is 21.0. The van der Waals surface area contributed by atoms with Gasteiger partial charge in [0.2, 0.25) is 0 Å². The molecule has 0 spiro atoms. The third kappa shape index (κ3) is 4.74. The molecule has 8 heteroatoms. The van der Waals surface area contributed by atoms with Crippen LogP contribution < -0.4 is 9.62 Å². The minimum atomic E-state index is -3.76. The Morgan fingerprint density at radius 1 is 0.833 bits per heavy atom. The van der Waals surface area contributed by atoms with Crippen molar-refractivity contribution in [3.05, 3.63) is 65.7 Å². The molecule has 0 radical (unpaired) electrons. The van der Waals surface area contributed by atoms with Crippen molar-refractivity contribution >= 4 is 33.1 Å². The summed E-state index contributed by atoms with van der Waals surface area (Å²) in [5.74, 6) is 0.907. The van der Waals surface area contributed by atoms with Crippen molar-refractivity contribution in [2.45, 2.75) is 30.6 Å². The van der Waals surface area contributed by atoms with E-state index in [9.17, 15) is 8.42 Å². The van der Waals surface area contributed by atoms with Crippen LogP contribution in [0.4, 0.5) is 11.5 Å². The highest BCUT2D eigenvalue weighted by molar-refractivity contribution is 7.92. The van der Waals surface area contributed by atoms with Gasteiger partial charge in [-0.2, -0.15) is 0 Å². The van der Waals surface area contributed by atoms with Gasteiger partial charge >= 0.3 is 0 Å². The number of hydrogen-bond acceptors (Lipinski definition) is 5. The predicted octanol–water partition coefficient (Wildman–Crippen LogP) is 4.98. The van der Waals surface area contributed by atoms with E-state index in [0.717, 1.165) is 30.2 Å². The third-order valence-corrected chi connectivity index (χ3v) is 7.02. The summed E-state index contributed by atoms with van der Waals surface area (Å²) in [7, 11) is -3.76. The first-order valence-electron chi connectivity index (χ1n) is 9.99. The number of nitrogens with one attached hydrogen (secondary N) is 1. The summed E-state index contributed by atoms with van der Waals surface area (Å²) < 4.78 is 27.7. The van der Waals surface area contributed by atoms with Gasteiger partial charge in [-0.3, -0.25) is 4.72 Å². The van der Waals surface area contributed by atoms with Crippen LogP contribution in [0.25, 0.3) is 11.3 Å². The van der Waals surface area contributed by atoms with Gasteiger partial charge in [0.05, 0.1) is 10.7 Å². The molecule has 1 N–H and O–H groups in total. The maximum Gasteiger partial charge on any atom is 0.263 e. The second kappa shape index (κ2) is 9.02. The van der Waals surface area contributed by atoms with Crippen LogP contribution in [0.15, 0.2) is 65.6 Å². The zero-order valence-corrected chi connectivity index (χ0v) is 18.0. The Labute approximate surface area is 182 Å². The predicted molar refractivity (Wildman–Crippen MR) is 120 cm³/mol. The molecule has 30 heavy (non-hydrogen) atoms. The van der Waals surface area contributed by atoms with Crippen molar-refractivity contribution in [2.75, 3.05) is 22.7 Å². The molecule has 0 bridgehead atoms. The maximum absolute atomic E-state index is 12.6.